The van der Waals surface area contributed by atoms with Crippen molar-refractivity contribution in [3.63, 3.8) is 0 Å². The van der Waals surface area contributed by atoms with E-state index >= 15 is 0 Å². The molecule has 0 saturated heterocycles. The second-order valence-electron chi connectivity index (χ2n) is 3.83. The minimum atomic E-state index is 0.00694. The Labute approximate surface area is 154 Å². The SMILES string of the molecule is S=c1[nH+]c[nH]c2nc[nH]c12.S=c1[nH+]c[nH]c2nc[nH]c12.[Cl][Mn][Cl]. The molecule has 0 spiro atoms. The third-order valence-electron chi connectivity index (χ3n) is 2.56. The molecule has 121 valence electrons. The van der Waals surface area contributed by atoms with Gasteiger partial charge in [-0.3, -0.25) is 0 Å². The van der Waals surface area contributed by atoms with Gasteiger partial charge in [-0.25, -0.2) is 19.9 Å². The van der Waals surface area contributed by atoms with Crippen LogP contribution in [0.5, 0.6) is 0 Å². The molecule has 23 heavy (non-hydrogen) atoms. The zero-order valence-corrected chi connectivity index (χ0v) is 15.5. The molecular formula is C10H10Cl2MnN8S2+2. The standard InChI is InChI=1S/2C5H4N4S.2ClH.Mn/c2*10-5-3-4(7-1-6-3)8-2-9-5;;;/h2*1-2H,(H2,6,7,8,9,10);2*1H;/q;;;;+2. The number of nitrogens with zero attached hydrogens (tertiary/aromatic N) is 2. The normalized spacial score (nSPS) is 9.83. The van der Waals surface area contributed by atoms with Crippen LogP contribution in [0.4, 0.5) is 0 Å². The van der Waals surface area contributed by atoms with E-state index in [2.05, 4.69) is 39.9 Å². The molecule has 4 heterocycles. The molecule has 6 N–H and O–H groups in total. The topological polar surface area (TPSA) is 117 Å². The van der Waals surface area contributed by atoms with E-state index in [9.17, 15) is 0 Å². The van der Waals surface area contributed by atoms with Crippen molar-refractivity contribution in [2.24, 2.45) is 0 Å². The molecule has 0 aliphatic rings. The van der Waals surface area contributed by atoms with Crippen molar-refractivity contribution in [3.05, 3.63) is 34.6 Å². The number of fused-ring (bicyclic) bond motifs is 2. The summed E-state index contributed by atoms with van der Waals surface area (Å²) >= 11 is 9.93. The zero-order valence-electron chi connectivity index (χ0n) is 11.2. The van der Waals surface area contributed by atoms with Gasteiger partial charge in [0.1, 0.15) is 0 Å². The van der Waals surface area contributed by atoms with Gasteiger partial charge >= 0.3 is 33.3 Å². The van der Waals surface area contributed by atoms with E-state index in [1.807, 2.05) is 0 Å². The Morgan fingerprint density at radius 3 is 1.57 bits per heavy atom. The molecule has 0 unspecified atom stereocenters. The summed E-state index contributed by atoms with van der Waals surface area (Å²) in [6.45, 7) is 0. The maximum atomic E-state index is 4.96. The first-order valence-corrected chi connectivity index (χ1v) is 9.95. The fourth-order valence-corrected chi connectivity index (χ4v) is 2.07. The molecular weight excluding hydrogens is 422 g/mol. The third kappa shape index (κ3) is 4.80. The fraction of sp³-hybridized carbons (Fsp3) is 0. The number of H-pyrrole nitrogens is 6. The molecule has 0 saturated carbocycles. The summed E-state index contributed by atoms with van der Waals surface area (Å²) in [6.07, 6.45) is 6.52. The molecule has 0 bridgehead atoms. The number of hydrogen-bond acceptors (Lipinski definition) is 4. The van der Waals surface area contributed by atoms with Crippen molar-refractivity contribution in [1.29, 1.82) is 0 Å². The molecule has 0 atom stereocenters. The van der Waals surface area contributed by atoms with Crippen LogP contribution in [0.15, 0.2) is 25.3 Å². The molecule has 4 aromatic rings. The van der Waals surface area contributed by atoms with Crippen LogP contribution in [0.1, 0.15) is 0 Å². The molecule has 0 aliphatic heterocycles. The van der Waals surface area contributed by atoms with E-state index in [1.165, 1.54) is 0 Å². The monoisotopic (exact) mass is 431 g/mol. The molecule has 0 aliphatic carbocycles. The number of aromatic amines is 6. The van der Waals surface area contributed by atoms with Crippen LogP contribution in [0, 0.1) is 9.28 Å². The fourth-order valence-electron chi connectivity index (χ4n) is 1.64. The van der Waals surface area contributed by atoms with Crippen molar-refractivity contribution in [1.82, 2.24) is 29.9 Å². The predicted octanol–water partition coefficient (Wildman–Crippen LogP) is 2.25. The summed E-state index contributed by atoms with van der Waals surface area (Å²) in [7, 11) is 9.59. The van der Waals surface area contributed by atoms with Crippen LogP contribution in [0.2, 0.25) is 0 Å². The van der Waals surface area contributed by atoms with Gasteiger partial charge in [0.05, 0.1) is 12.7 Å². The number of imidazole rings is 2. The van der Waals surface area contributed by atoms with E-state index in [0.29, 0.717) is 9.28 Å². The second-order valence-corrected chi connectivity index (χ2v) is 6.60. The Bertz CT molecular complexity index is 913. The summed E-state index contributed by atoms with van der Waals surface area (Å²) in [5, 5.41) is 0. The number of halogens is 2. The van der Waals surface area contributed by atoms with Crippen molar-refractivity contribution in [2.75, 3.05) is 0 Å². The molecule has 4 aromatic heterocycles. The first-order chi connectivity index (χ1) is 11.2. The average Bonchev–Trinajstić information content (AvgIpc) is 3.18. The second kappa shape index (κ2) is 9.06. The van der Waals surface area contributed by atoms with E-state index in [4.69, 9.17) is 44.6 Å². The van der Waals surface area contributed by atoms with E-state index in [1.54, 1.807) is 25.3 Å². The first kappa shape index (κ1) is 18.0. The summed E-state index contributed by atoms with van der Waals surface area (Å²) in [5.41, 5.74) is 3.25. The molecule has 4 rings (SSSR count). The van der Waals surface area contributed by atoms with E-state index in [-0.39, 0.29) is 13.1 Å². The minimum absolute atomic E-state index is 0.00694. The van der Waals surface area contributed by atoms with Crippen molar-refractivity contribution in [3.8, 4) is 0 Å². The maximum absolute atomic E-state index is 4.96. The van der Waals surface area contributed by atoms with Crippen molar-refractivity contribution in [2.45, 2.75) is 0 Å². The Morgan fingerprint density at radius 1 is 0.826 bits per heavy atom. The first-order valence-electron chi connectivity index (χ1n) is 5.89. The van der Waals surface area contributed by atoms with Crippen molar-refractivity contribution >= 4 is 67.0 Å². The van der Waals surface area contributed by atoms with E-state index < -0.39 is 0 Å². The predicted molar refractivity (Wildman–Crippen MR) is 87.4 cm³/mol. The van der Waals surface area contributed by atoms with Gasteiger partial charge in [-0.05, 0) is 24.4 Å². The zero-order chi connectivity index (χ0) is 16.7. The Balaban J connectivity index is 0.000000143. The molecule has 0 radical (unpaired) electrons. The molecule has 13 heteroatoms. The number of hydrogen-bond donors (Lipinski definition) is 4. The molecule has 0 fully saturated rings. The van der Waals surface area contributed by atoms with Gasteiger partial charge < -0.3 is 9.97 Å². The summed E-state index contributed by atoms with van der Waals surface area (Å²) in [6, 6.07) is 0. The number of aromatic nitrogens is 8. The van der Waals surface area contributed by atoms with Gasteiger partial charge in [-0.15, -0.1) is 0 Å². The molecule has 0 amide bonds. The Hall–Kier alpha value is -1.36. The van der Waals surface area contributed by atoms with Crippen LogP contribution in [0.3, 0.4) is 0 Å². The summed E-state index contributed by atoms with van der Waals surface area (Å²) < 4.78 is 1.34. The Kier molecular flexibility index (Phi) is 7.09. The van der Waals surface area contributed by atoms with Gasteiger partial charge in [0.2, 0.25) is 33.2 Å². The average molecular weight is 432 g/mol. The number of nitrogens with one attached hydrogen (secondary N) is 6. The van der Waals surface area contributed by atoms with Crippen LogP contribution < -0.4 is 9.97 Å². The Morgan fingerprint density at radius 2 is 1.22 bits per heavy atom. The molecule has 0 aromatic carbocycles. The van der Waals surface area contributed by atoms with Crippen LogP contribution in [0.25, 0.3) is 22.3 Å². The summed E-state index contributed by atoms with van der Waals surface area (Å²) in [4.78, 5) is 25.3. The van der Waals surface area contributed by atoms with Gasteiger partial charge in [-0.1, -0.05) is 0 Å². The van der Waals surface area contributed by atoms with Gasteiger partial charge in [0, 0.05) is 0 Å². The van der Waals surface area contributed by atoms with Gasteiger partial charge in [0.25, 0.3) is 0 Å². The van der Waals surface area contributed by atoms with Crippen LogP contribution in [-0.2, 0) is 13.1 Å². The van der Waals surface area contributed by atoms with Crippen LogP contribution in [-0.4, -0.2) is 29.9 Å². The van der Waals surface area contributed by atoms with Crippen LogP contribution >= 0.6 is 44.6 Å². The van der Waals surface area contributed by atoms with E-state index in [0.717, 1.165) is 22.3 Å². The van der Waals surface area contributed by atoms with Gasteiger partial charge in [-0.2, -0.15) is 9.97 Å². The van der Waals surface area contributed by atoms with Crippen molar-refractivity contribution < 1.29 is 23.1 Å². The quantitative estimate of drug-likeness (QED) is 0.252. The summed E-state index contributed by atoms with van der Waals surface area (Å²) in [5.74, 6) is 0. The molecule has 8 nitrogen and oxygen atoms in total. The number of rotatable bonds is 0. The third-order valence-corrected chi connectivity index (χ3v) is 3.20. The van der Waals surface area contributed by atoms with Gasteiger partial charge in [0.15, 0.2) is 11.0 Å².